The molecule has 0 saturated carbocycles. The van der Waals surface area contributed by atoms with E-state index in [2.05, 4.69) is 0 Å². The predicted octanol–water partition coefficient (Wildman–Crippen LogP) is 2.02. The highest BCUT2D eigenvalue weighted by molar-refractivity contribution is 7.99. The summed E-state index contributed by atoms with van der Waals surface area (Å²) in [6, 6.07) is -0.506. The Morgan fingerprint density at radius 1 is 1.12 bits per heavy atom. The molecule has 0 spiro atoms. The first-order valence-electron chi connectivity index (χ1n) is 5.67. The van der Waals surface area contributed by atoms with Crippen LogP contribution in [0, 0.1) is 0 Å². The van der Waals surface area contributed by atoms with Crippen LogP contribution in [0.4, 0.5) is 4.79 Å². The Morgan fingerprint density at radius 2 is 1.71 bits per heavy atom. The molecule has 0 aromatic carbocycles. The maximum atomic E-state index is 11.9. The average molecular weight is 258 g/mol. The van der Waals surface area contributed by atoms with E-state index >= 15 is 0 Å². The standard InChI is InChI=1S/C11H18N2O3S/c1-5-6-7-12-8(14)9(15)13(10(12)16)17-11(2,3)4/h5-7H2,1-4H3. The number of nitrogens with zero attached hydrogens (tertiary/aromatic N) is 2. The predicted molar refractivity (Wildman–Crippen MR) is 66.2 cm³/mol. The molecule has 1 heterocycles. The Hall–Kier alpha value is -1.04. The van der Waals surface area contributed by atoms with Gasteiger partial charge in [0, 0.05) is 11.3 Å². The van der Waals surface area contributed by atoms with Gasteiger partial charge in [-0.2, -0.15) is 4.31 Å². The summed E-state index contributed by atoms with van der Waals surface area (Å²) in [4.78, 5) is 36.2. The summed E-state index contributed by atoms with van der Waals surface area (Å²) < 4.78 is 0.685. The van der Waals surface area contributed by atoms with Gasteiger partial charge in [0.15, 0.2) is 0 Å². The number of carbonyl (C=O) groups is 3. The third kappa shape index (κ3) is 3.21. The van der Waals surface area contributed by atoms with Crippen LogP contribution in [-0.4, -0.2) is 38.3 Å². The van der Waals surface area contributed by atoms with Crippen molar-refractivity contribution in [3.63, 3.8) is 0 Å². The second-order valence-electron chi connectivity index (χ2n) is 4.90. The van der Waals surface area contributed by atoms with Crippen LogP contribution < -0.4 is 0 Å². The van der Waals surface area contributed by atoms with E-state index in [1.807, 2.05) is 27.7 Å². The molecule has 4 amide bonds. The van der Waals surface area contributed by atoms with Gasteiger partial charge < -0.3 is 0 Å². The fraction of sp³-hybridized carbons (Fsp3) is 0.727. The van der Waals surface area contributed by atoms with Gasteiger partial charge in [0.05, 0.1) is 0 Å². The van der Waals surface area contributed by atoms with Crippen molar-refractivity contribution in [2.45, 2.75) is 45.3 Å². The van der Waals surface area contributed by atoms with Crippen molar-refractivity contribution in [3.8, 4) is 0 Å². The quantitative estimate of drug-likeness (QED) is 0.440. The number of urea groups is 1. The summed E-state index contributed by atoms with van der Waals surface area (Å²) in [7, 11) is 0. The molecule has 17 heavy (non-hydrogen) atoms. The molecule has 6 heteroatoms. The fourth-order valence-corrected chi connectivity index (χ4v) is 2.24. The van der Waals surface area contributed by atoms with Gasteiger partial charge in [-0.1, -0.05) is 13.3 Å². The molecule has 0 aromatic heterocycles. The van der Waals surface area contributed by atoms with Crippen molar-refractivity contribution >= 4 is 29.8 Å². The maximum Gasteiger partial charge on any atom is 0.344 e. The van der Waals surface area contributed by atoms with Crippen molar-refractivity contribution < 1.29 is 14.4 Å². The van der Waals surface area contributed by atoms with E-state index in [-0.39, 0.29) is 4.75 Å². The van der Waals surface area contributed by atoms with E-state index < -0.39 is 17.8 Å². The lowest BCUT2D eigenvalue weighted by atomic mass is 10.3. The molecule has 1 fully saturated rings. The Morgan fingerprint density at radius 3 is 2.18 bits per heavy atom. The van der Waals surface area contributed by atoms with Gasteiger partial charge in [0.25, 0.3) is 0 Å². The van der Waals surface area contributed by atoms with Gasteiger partial charge >= 0.3 is 17.8 Å². The monoisotopic (exact) mass is 258 g/mol. The highest BCUT2D eigenvalue weighted by Crippen LogP contribution is 2.31. The maximum absolute atomic E-state index is 11.9. The molecule has 0 aromatic rings. The van der Waals surface area contributed by atoms with Gasteiger partial charge in [-0.3, -0.25) is 14.5 Å². The SMILES string of the molecule is CCCCN1C(=O)C(=O)N(SC(C)(C)C)C1=O. The van der Waals surface area contributed by atoms with Gasteiger partial charge in [-0.15, -0.1) is 0 Å². The minimum Gasteiger partial charge on any atom is -0.263 e. The summed E-state index contributed by atoms with van der Waals surface area (Å²) in [6.07, 6.45) is 1.59. The highest BCUT2D eigenvalue weighted by atomic mass is 32.2. The Bertz CT molecular complexity index is 349. The summed E-state index contributed by atoms with van der Waals surface area (Å²) in [6.45, 7) is 7.95. The molecule has 5 nitrogen and oxygen atoms in total. The van der Waals surface area contributed by atoms with Gasteiger partial charge in [-0.05, 0) is 39.1 Å². The third-order valence-electron chi connectivity index (χ3n) is 2.12. The molecule has 1 aliphatic rings. The topological polar surface area (TPSA) is 57.7 Å². The van der Waals surface area contributed by atoms with Crippen LogP contribution in [0.15, 0.2) is 0 Å². The largest absolute Gasteiger partial charge is 0.344 e. The summed E-state index contributed by atoms with van der Waals surface area (Å²) in [5, 5.41) is 0. The van der Waals surface area contributed by atoms with Gasteiger partial charge in [0.2, 0.25) is 0 Å². The molecule has 0 bridgehead atoms. The van der Waals surface area contributed by atoms with Crippen LogP contribution in [0.5, 0.6) is 0 Å². The van der Waals surface area contributed by atoms with Crippen molar-refractivity contribution in [2.24, 2.45) is 0 Å². The number of hydrogen-bond acceptors (Lipinski definition) is 4. The molecule has 0 N–H and O–H groups in total. The highest BCUT2D eigenvalue weighted by Gasteiger charge is 2.46. The molecule has 0 radical (unpaired) electrons. The first-order chi connectivity index (χ1) is 7.78. The third-order valence-corrected chi connectivity index (χ3v) is 3.17. The molecule has 0 atom stereocenters. The minimum atomic E-state index is -0.731. The van der Waals surface area contributed by atoms with Crippen LogP contribution in [0.3, 0.4) is 0 Å². The Balaban J connectivity index is 2.79. The molecule has 0 unspecified atom stereocenters. The Labute approximate surface area is 106 Å². The molecule has 1 rings (SSSR count). The smallest absolute Gasteiger partial charge is 0.263 e. The average Bonchev–Trinajstić information content (AvgIpc) is 2.40. The van der Waals surface area contributed by atoms with Crippen LogP contribution in [0.2, 0.25) is 0 Å². The lowest BCUT2D eigenvalue weighted by Crippen LogP contribution is -2.33. The molecule has 1 aliphatic heterocycles. The fourth-order valence-electron chi connectivity index (χ4n) is 1.35. The zero-order valence-electron chi connectivity index (χ0n) is 10.6. The second-order valence-corrected chi connectivity index (χ2v) is 6.67. The molecular formula is C11H18N2O3S. The van der Waals surface area contributed by atoms with Crippen LogP contribution >= 0.6 is 11.9 Å². The van der Waals surface area contributed by atoms with E-state index in [9.17, 15) is 14.4 Å². The number of carbonyl (C=O) groups excluding carboxylic acids is 3. The van der Waals surface area contributed by atoms with Crippen molar-refractivity contribution in [2.75, 3.05) is 6.54 Å². The number of imide groups is 2. The van der Waals surface area contributed by atoms with Gasteiger partial charge in [-0.25, -0.2) is 4.79 Å². The van der Waals surface area contributed by atoms with Crippen LogP contribution in [0.25, 0.3) is 0 Å². The summed E-state index contributed by atoms with van der Waals surface area (Å²) >= 11 is 1.09. The first kappa shape index (κ1) is 14.0. The van der Waals surface area contributed by atoms with Crippen LogP contribution in [-0.2, 0) is 9.59 Å². The number of amides is 4. The van der Waals surface area contributed by atoms with E-state index in [0.29, 0.717) is 6.54 Å². The number of hydrogen-bond donors (Lipinski definition) is 0. The number of rotatable bonds is 4. The zero-order valence-corrected chi connectivity index (χ0v) is 11.5. The first-order valence-corrected chi connectivity index (χ1v) is 6.44. The number of unbranched alkanes of at least 4 members (excludes halogenated alkanes) is 1. The minimum absolute atomic E-state index is 0.285. The normalized spacial score (nSPS) is 17.3. The zero-order chi connectivity index (χ0) is 13.2. The summed E-state index contributed by atoms with van der Waals surface area (Å²) in [5.41, 5.74) is 0. The molecule has 1 saturated heterocycles. The second kappa shape index (κ2) is 5.08. The molecule has 0 aliphatic carbocycles. The van der Waals surface area contributed by atoms with Crippen molar-refractivity contribution in [1.82, 2.24) is 9.21 Å². The lowest BCUT2D eigenvalue weighted by Gasteiger charge is -2.22. The Kier molecular flexibility index (Phi) is 4.19. The van der Waals surface area contributed by atoms with E-state index in [4.69, 9.17) is 0 Å². The van der Waals surface area contributed by atoms with E-state index in [0.717, 1.165) is 34.0 Å². The van der Waals surface area contributed by atoms with E-state index in [1.165, 1.54) is 0 Å². The van der Waals surface area contributed by atoms with E-state index in [1.54, 1.807) is 0 Å². The lowest BCUT2D eigenvalue weighted by molar-refractivity contribution is -0.141. The van der Waals surface area contributed by atoms with Crippen molar-refractivity contribution in [3.05, 3.63) is 0 Å². The molecular weight excluding hydrogens is 240 g/mol. The van der Waals surface area contributed by atoms with Gasteiger partial charge in [0.1, 0.15) is 0 Å². The van der Waals surface area contributed by atoms with Crippen LogP contribution in [0.1, 0.15) is 40.5 Å². The van der Waals surface area contributed by atoms with Crippen molar-refractivity contribution in [1.29, 1.82) is 0 Å². The molecule has 96 valence electrons. The summed E-state index contributed by atoms with van der Waals surface area (Å²) in [5.74, 6) is -1.44.